The van der Waals surface area contributed by atoms with Crippen LogP contribution in [0.15, 0.2) is 36.4 Å². The minimum atomic E-state index is -0.179. The molecule has 2 rings (SSSR count). The van der Waals surface area contributed by atoms with Gasteiger partial charge >= 0.3 is 0 Å². The Labute approximate surface area is 178 Å². The number of carbonyl (C=O) groups is 1. The van der Waals surface area contributed by atoms with Crippen molar-refractivity contribution in [3.8, 4) is 17.2 Å². The van der Waals surface area contributed by atoms with Gasteiger partial charge in [0.1, 0.15) is 5.75 Å². The number of amides is 1. The Morgan fingerprint density at radius 3 is 2.28 bits per heavy atom. The lowest BCUT2D eigenvalue weighted by Crippen LogP contribution is -2.22. The van der Waals surface area contributed by atoms with Crippen LogP contribution in [0.25, 0.3) is 0 Å². The van der Waals surface area contributed by atoms with Crippen LogP contribution in [0.4, 0.5) is 0 Å². The highest BCUT2D eigenvalue weighted by Crippen LogP contribution is 2.33. The van der Waals surface area contributed by atoms with Crippen molar-refractivity contribution >= 4 is 17.5 Å². The molecule has 158 valence electrons. The second-order valence-electron chi connectivity index (χ2n) is 6.77. The van der Waals surface area contributed by atoms with Gasteiger partial charge in [0, 0.05) is 23.2 Å². The number of halogens is 1. The third kappa shape index (κ3) is 7.17. The average Bonchev–Trinajstić information content (AvgIpc) is 2.75. The van der Waals surface area contributed by atoms with E-state index in [1.54, 1.807) is 38.5 Å². The minimum absolute atomic E-state index is 0.179. The van der Waals surface area contributed by atoms with E-state index in [9.17, 15) is 4.79 Å². The zero-order chi connectivity index (χ0) is 21.1. The molecule has 29 heavy (non-hydrogen) atoms. The molecule has 0 radical (unpaired) electrons. The number of hydrogen-bond donors (Lipinski definition) is 1. The van der Waals surface area contributed by atoms with Crippen LogP contribution in [0, 0.1) is 0 Å². The smallest absolute Gasteiger partial charge is 0.251 e. The Kier molecular flexibility index (Phi) is 9.65. The van der Waals surface area contributed by atoms with E-state index in [0.29, 0.717) is 28.7 Å². The maximum absolute atomic E-state index is 12.4. The zero-order valence-electron chi connectivity index (χ0n) is 17.4. The number of benzene rings is 2. The molecule has 0 unspecified atom stereocenters. The average molecular weight is 420 g/mol. The molecule has 0 aliphatic carbocycles. The summed E-state index contributed by atoms with van der Waals surface area (Å²) >= 11 is 6.27. The van der Waals surface area contributed by atoms with Crippen molar-refractivity contribution in [1.82, 2.24) is 5.32 Å². The number of unbranched alkanes of at least 4 members (excludes halogenated alkanes) is 4. The van der Waals surface area contributed by atoms with E-state index in [1.165, 1.54) is 25.7 Å². The van der Waals surface area contributed by atoms with E-state index in [2.05, 4.69) is 12.2 Å². The maximum Gasteiger partial charge on any atom is 0.251 e. The largest absolute Gasteiger partial charge is 0.494 e. The van der Waals surface area contributed by atoms with Crippen LogP contribution in [0.3, 0.4) is 0 Å². The number of nitrogens with one attached hydrogen (secondary N) is 1. The molecule has 0 saturated carbocycles. The van der Waals surface area contributed by atoms with Gasteiger partial charge < -0.3 is 19.5 Å². The van der Waals surface area contributed by atoms with Gasteiger partial charge in [0.2, 0.25) is 0 Å². The molecule has 0 heterocycles. The third-order valence-corrected chi connectivity index (χ3v) is 4.98. The fourth-order valence-electron chi connectivity index (χ4n) is 2.91. The Morgan fingerprint density at radius 1 is 0.966 bits per heavy atom. The summed E-state index contributed by atoms with van der Waals surface area (Å²) in [7, 11) is 3.11. The summed E-state index contributed by atoms with van der Waals surface area (Å²) in [5, 5.41) is 3.38. The van der Waals surface area contributed by atoms with Crippen LogP contribution in [-0.2, 0) is 6.54 Å². The Bertz CT molecular complexity index is 777. The van der Waals surface area contributed by atoms with Crippen molar-refractivity contribution in [2.75, 3.05) is 20.8 Å². The van der Waals surface area contributed by atoms with Crippen molar-refractivity contribution in [2.24, 2.45) is 0 Å². The van der Waals surface area contributed by atoms with Gasteiger partial charge in [-0.25, -0.2) is 0 Å². The molecule has 2 aromatic carbocycles. The summed E-state index contributed by atoms with van der Waals surface area (Å²) in [4.78, 5) is 12.4. The van der Waals surface area contributed by atoms with Crippen molar-refractivity contribution in [2.45, 2.75) is 45.6 Å². The predicted octanol–water partition coefficient (Wildman–Crippen LogP) is 5.64. The Hall–Kier alpha value is -2.40. The standard InChI is InChI=1S/C23H30ClNO4/c1-4-5-6-7-8-13-29-19-11-9-17(10-12-19)23(26)25-16-18-14-21(27-2)22(28-3)15-20(18)24/h9-12,14-15H,4-8,13,16H2,1-3H3,(H,25,26). The summed E-state index contributed by atoms with van der Waals surface area (Å²) in [5.41, 5.74) is 1.32. The lowest BCUT2D eigenvalue weighted by molar-refractivity contribution is 0.0951. The normalized spacial score (nSPS) is 10.5. The molecular formula is C23H30ClNO4. The van der Waals surface area contributed by atoms with Crippen LogP contribution < -0.4 is 19.5 Å². The quantitative estimate of drug-likeness (QED) is 0.452. The van der Waals surface area contributed by atoms with E-state index in [-0.39, 0.29) is 12.5 Å². The lowest BCUT2D eigenvalue weighted by atomic mass is 10.1. The molecule has 0 aliphatic heterocycles. The van der Waals surface area contributed by atoms with Crippen LogP contribution >= 0.6 is 11.6 Å². The number of ether oxygens (including phenoxy) is 3. The van der Waals surface area contributed by atoms with E-state index in [1.807, 2.05) is 12.1 Å². The summed E-state index contributed by atoms with van der Waals surface area (Å²) < 4.78 is 16.2. The first kappa shape index (κ1) is 22.9. The van der Waals surface area contributed by atoms with Gasteiger partial charge in [0.25, 0.3) is 5.91 Å². The number of hydrogen-bond acceptors (Lipinski definition) is 4. The van der Waals surface area contributed by atoms with E-state index >= 15 is 0 Å². The molecule has 0 atom stereocenters. The summed E-state index contributed by atoms with van der Waals surface area (Å²) in [5.74, 6) is 1.72. The molecule has 0 aliphatic rings. The highest BCUT2D eigenvalue weighted by Gasteiger charge is 2.12. The van der Waals surface area contributed by atoms with Crippen LogP contribution in [0.1, 0.15) is 54.9 Å². The molecule has 0 aromatic heterocycles. The van der Waals surface area contributed by atoms with Gasteiger partial charge in [-0.2, -0.15) is 0 Å². The van der Waals surface area contributed by atoms with Gasteiger partial charge in [0.15, 0.2) is 11.5 Å². The van der Waals surface area contributed by atoms with Gasteiger partial charge in [-0.05, 0) is 42.3 Å². The molecular weight excluding hydrogens is 390 g/mol. The zero-order valence-corrected chi connectivity index (χ0v) is 18.2. The molecule has 5 nitrogen and oxygen atoms in total. The monoisotopic (exact) mass is 419 g/mol. The van der Waals surface area contributed by atoms with Crippen LogP contribution in [-0.4, -0.2) is 26.7 Å². The van der Waals surface area contributed by atoms with Crippen molar-refractivity contribution in [3.63, 3.8) is 0 Å². The van der Waals surface area contributed by atoms with E-state index in [4.69, 9.17) is 25.8 Å². The van der Waals surface area contributed by atoms with Gasteiger partial charge in [-0.3, -0.25) is 4.79 Å². The topological polar surface area (TPSA) is 56.8 Å². The first-order chi connectivity index (χ1) is 14.1. The molecule has 0 spiro atoms. The van der Waals surface area contributed by atoms with E-state index < -0.39 is 0 Å². The second-order valence-corrected chi connectivity index (χ2v) is 7.18. The van der Waals surface area contributed by atoms with E-state index in [0.717, 1.165) is 17.7 Å². The number of carbonyl (C=O) groups excluding carboxylic acids is 1. The Morgan fingerprint density at radius 2 is 1.62 bits per heavy atom. The Balaban J connectivity index is 1.85. The molecule has 0 saturated heterocycles. The van der Waals surface area contributed by atoms with Gasteiger partial charge in [-0.15, -0.1) is 0 Å². The van der Waals surface area contributed by atoms with Crippen LogP contribution in [0.5, 0.6) is 17.2 Å². The molecule has 6 heteroatoms. The number of rotatable bonds is 12. The SMILES string of the molecule is CCCCCCCOc1ccc(C(=O)NCc2cc(OC)c(OC)cc2Cl)cc1. The number of methoxy groups -OCH3 is 2. The van der Waals surface area contributed by atoms with Crippen molar-refractivity contribution in [1.29, 1.82) is 0 Å². The first-order valence-electron chi connectivity index (χ1n) is 10.0. The van der Waals surface area contributed by atoms with Crippen molar-refractivity contribution < 1.29 is 19.0 Å². The fourth-order valence-corrected chi connectivity index (χ4v) is 3.13. The fraction of sp³-hybridized carbons (Fsp3) is 0.435. The highest BCUT2D eigenvalue weighted by molar-refractivity contribution is 6.31. The summed E-state index contributed by atoms with van der Waals surface area (Å²) in [6.45, 7) is 3.19. The predicted molar refractivity (Wildman–Crippen MR) is 116 cm³/mol. The highest BCUT2D eigenvalue weighted by atomic mass is 35.5. The summed E-state index contributed by atoms with van der Waals surface area (Å²) in [6, 6.07) is 10.6. The second kappa shape index (κ2) is 12.2. The third-order valence-electron chi connectivity index (χ3n) is 4.63. The molecule has 1 amide bonds. The lowest BCUT2D eigenvalue weighted by Gasteiger charge is -2.12. The molecule has 0 fully saturated rings. The summed E-state index contributed by atoms with van der Waals surface area (Å²) in [6.07, 6.45) is 6.01. The first-order valence-corrected chi connectivity index (χ1v) is 10.4. The van der Waals surface area contributed by atoms with Crippen molar-refractivity contribution in [3.05, 3.63) is 52.5 Å². The molecule has 0 bridgehead atoms. The van der Waals surface area contributed by atoms with Crippen LogP contribution in [0.2, 0.25) is 5.02 Å². The molecule has 1 N–H and O–H groups in total. The molecule has 2 aromatic rings. The van der Waals surface area contributed by atoms with Gasteiger partial charge in [-0.1, -0.05) is 44.2 Å². The van der Waals surface area contributed by atoms with Gasteiger partial charge in [0.05, 0.1) is 20.8 Å². The maximum atomic E-state index is 12.4. The minimum Gasteiger partial charge on any atom is -0.494 e.